The second-order valence-electron chi connectivity index (χ2n) is 6.43. The minimum atomic E-state index is 0. The Morgan fingerprint density at radius 3 is 2.23 bits per heavy atom. The van der Waals surface area contributed by atoms with Crippen molar-refractivity contribution in [3.8, 4) is 0 Å². The van der Waals surface area contributed by atoms with E-state index in [0.29, 0.717) is 0 Å². The zero-order valence-electron chi connectivity index (χ0n) is 15.5. The molecule has 0 radical (unpaired) electrons. The molecular weight excluding hydrogens is 343 g/mol. The van der Waals surface area contributed by atoms with Crippen molar-refractivity contribution < 1.29 is 26.2 Å². The molecule has 0 saturated heterocycles. The largest absolute Gasteiger partial charge is 4.00 e. The van der Waals surface area contributed by atoms with Gasteiger partial charge in [-0.3, -0.25) is 6.08 Å². The summed E-state index contributed by atoms with van der Waals surface area (Å²) in [5.74, 6) is 0.884. The molecule has 0 aromatic rings. The summed E-state index contributed by atoms with van der Waals surface area (Å²) in [6.45, 7) is 10.9. The van der Waals surface area contributed by atoms with Gasteiger partial charge in [-0.15, -0.1) is 25.5 Å². The Labute approximate surface area is 159 Å². The van der Waals surface area contributed by atoms with Crippen LogP contribution < -0.4 is 0 Å². The summed E-state index contributed by atoms with van der Waals surface area (Å²) >= 11 is 0. The first kappa shape index (κ1) is 24.0. The average Bonchev–Trinajstić information content (AvgIpc) is 2.90. The molecule has 0 bridgehead atoms. The summed E-state index contributed by atoms with van der Waals surface area (Å²) in [6, 6.07) is 0. The molecule has 0 spiro atoms. The van der Waals surface area contributed by atoms with Crippen molar-refractivity contribution in [2.24, 2.45) is 11.3 Å². The first-order valence-electron chi connectivity index (χ1n) is 7.42. The predicted octanol–water partition coefficient (Wildman–Crippen LogP) is 6.50. The molecule has 22 heavy (non-hydrogen) atoms. The van der Waals surface area contributed by atoms with Gasteiger partial charge in [0, 0.05) is 0 Å². The summed E-state index contributed by atoms with van der Waals surface area (Å²) < 4.78 is 0. The zero-order chi connectivity index (χ0) is 14.0. The third-order valence-corrected chi connectivity index (χ3v) is 4.77. The van der Waals surface area contributed by atoms with Crippen LogP contribution >= 0.6 is 0 Å². The number of allylic oxidation sites excluding steroid dienone is 8. The standard InChI is InChI=1S/C10H15.C9H11.2CH3.Zr/c1-7-6-10(4,5)9(3)8(7)2;1-2-5-9-7-3-6-8(9)4-1;;;/h1-5H3;1-2,4,6,9H,3,5,7H2;2*1H3;/q4*-1;+4. The van der Waals surface area contributed by atoms with Crippen LogP contribution in [-0.2, 0) is 26.2 Å². The van der Waals surface area contributed by atoms with Crippen LogP contribution in [-0.4, -0.2) is 0 Å². The summed E-state index contributed by atoms with van der Waals surface area (Å²) in [5, 5.41) is 0. The van der Waals surface area contributed by atoms with Gasteiger partial charge in [0.25, 0.3) is 0 Å². The second kappa shape index (κ2) is 9.76. The molecule has 3 rings (SSSR count). The fourth-order valence-electron chi connectivity index (χ4n) is 3.07. The van der Waals surface area contributed by atoms with Gasteiger partial charge in [-0.2, -0.15) is 11.1 Å². The van der Waals surface area contributed by atoms with Crippen molar-refractivity contribution >= 4 is 0 Å². The Morgan fingerprint density at radius 1 is 1.18 bits per heavy atom. The number of hydrogen-bond donors (Lipinski definition) is 0. The molecule has 0 heterocycles. The third kappa shape index (κ3) is 5.41. The van der Waals surface area contributed by atoms with Gasteiger partial charge < -0.3 is 14.9 Å². The molecule has 0 N–H and O–H groups in total. The Bertz CT molecular complexity index is 472. The molecule has 1 unspecified atom stereocenters. The summed E-state index contributed by atoms with van der Waals surface area (Å²) in [6.07, 6.45) is 16.5. The quantitative estimate of drug-likeness (QED) is 0.424. The Balaban J connectivity index is 0. The number of fused-ring (bicyclic) bond motifs is 1. The van der Waals surface area contributed by atoms with E-state index >= 15 is 0 Å². The Hall–Kier alpha value is -0.287. The third-order valence-electron chi connectivity index (χ3n) is 4.77. The molecular formula is C21H32Zr. The molecule has 0 aromatic carbocycles. The van der Waals surface area contributed by atoms with E-state index in [1.54, 1.807) is 5.57 Å². The maximum absolute atomic E-state index is 3.44. The van der Waals surface area contributed by atoms with E-state index in [0.717, 1.165) is 5.92 Å². The van der Waals surface area contributed by atoms with Gasteiger partial charge in [0.2, 0.25) is 0 Å². The fraction of sp³-hybridized carbons (Fsp3) is 0.476. The van der Waals surface area contributed by atoms with E-state index in [1.165, 1.54) is 36.0 Å². The fourth-order valence-corrected chi connectivity index (χ4v) is 3.07. The van der Waals surface area contributed by atoms with Crippen molar-refractivity contribution in [3.05, 3.63) is 67.9 Å². The monoisotopic (exact) mass is 374 g/mol. The van der Waals surface area contributed by atoms with Gasteiger partial charge in [-0.1, -0.05) is 39.5 Å². The Morgan fingerprint density at radius 2 is 1.82 bits per heavy atom. The number of rotatable bonds is 0. The van der Waals surface area contributed by atoms with Crippen LogP contribution in [0, 0.1) is 38.7 Å². The van der Waals surface area contributed by atoms with Crippen LogP contribution in [0.3, 0.4) is 0 Å². The zero-order valence-corrected chi connectivity index (χ0v) is 18.0. The first-order valence-corrected chi connectivity index (χ1v) is 7.42. The molecule has 1 fully saturated rings. The Kier molecular flexibility index (Phi) is 10.6. The molecule has 0 aromatic heterocycles. The van der Waals surface area contributed by atoms with Gasteiger partial charge in [-0.05, 0) is 12.3 Å². The smallest absolute Gasteiger partial charge is 0.358 e. The van der Waals surface area contributed by atoms with E-state index in [-0.39, 0.29) is 46.5 Å². The molecule has 3 aliphatic rings. The van der Waals surface area contributed by atoms with Gasteiger partial charge in [0.15, 0.2) is 0 Å². The molecule has 1 atom stereocenters. The maximum atomic E-state index is 3.44. The van der Waals surface area contributed by atoms with Crippen molar-refractivity contribution in [1.82, 2.24) is 0 Å². The van der Waals surface area contributed by atoms with E-state index in [2.05, 4.69) is 65.3 Å². The molecule has 1 heteroatoms. The first-order chi connectivity index (χ1) is 8.92. The molecule has 0 aliphatic heterocycles. The summed E-state index contributed by atoms with van der Waals surface area (Å²) in [4.78, 5) is 0. The van der Waals surface area contributed by atoms with Crippen LogP contribution in [0.2, 0.25) is 0 Å². The van der Waals surface area contributed by atoms with Crippen LogP contribution in [0.1, 0.15) is 53.9 Å². The summed E-state index contributed by atoms with van der Waals surface area (Å²) in [7, 11) is 0. The molecule has 0 amide bonds. The average molecular weight is 376 g/mol. The van der Waals surface area contributed by atoms with E-state index in [1.807, 2.05) is 0 Å². The van der Waals surface area contributed by atoms with Crippen molar-refractivity contribution in [1.29, 1.82) is 0 Å². The van der Waals surface area contributed by atoms with Gasteiger partial charge >= 0.3 is 26.2 Å². The molecule has 0 nitrogen and oxygen atoms in total. The summed E-state index contributed by atoms with van der Waals surface area (Å²) in [5.41, 5.74) is 5.98. The van der Waals surface area contributed by atoms with Crippen molar-refractivity contribution in [2.75, 3.05) is 0 Å². The van der Waals surface area contributed by atoms with Crippen LogP contribution in [0.5, 0.6) is 0 Å². The van der Waals surface area contributed by atoms with Gasteiger partial charge in [0.1, 0.15) is 0 Å². The topological polar surface area (TPSA) is 0 Å². The molecule has 1 saturated carbocycles. The van der Waals surface area contributed by atoms with Gasteiger partial charge in [-0.25, -0.2) is 23.6 Å². The van der Waals surface area contributed by atoms with E-state index < -0.39 is 0 Å². The second-order valence-corrected chi connectivity index (χ2v) is 6.43. The molecule has 3 aliphatic carbocycles. The SMILES string of the molecule is C1=CCC2CC[CH-]C2=C1.CC1=[C-]C(C)(C)C(C)=C1C.[CH3-].[CH3-].[Zr+4]. The van der Waals surface area contributed by atoms with Gasteiger partial charge in [0.05, 0.1) is 0 Å². The number of hydrogen-bond acceptors (Lipinski definition) is 0. The normalized spacial score (nSPS) is 23.4. The minimum absolute atomic E-state index is 0. The predicted molar refractivity (Wildman–Crippen MR) is 96.3 cm³/mol. The van der Waals surface area contributed by atoms with Crippen LogP contribution in [0.4, 0.5) is 0 Å². The van der Waals surface area contributed by atoms with Crippen molar-refractivity contribution in [3.63, 3.8) is 0 Å². The maximum Gasteiger partial charge on any atom is 4.00 e. The van der Waals surface area contributed by atoms with Crippen LogP contribution in [0.15, 0.2) is 40.5 Å². The molecule has 120 valence electrons. The van der Waals surface area contributed by atoms with Crippen molar-refractivity contribution in [2.45, 2.75) is 53.9 Å². The van der Waals surface area contributed by atoms with E-state index in [4.69, 9.17) is 0 Å². The minimum Gasteiger partial charge on any atom is -0.358 e. The van der Waals surface area contributed by atoms with Crippen LogP contribution in [0.25, 0.3) is 0 Å². The van der Waals surface area contributed by atoms with E-state index in [9.17, 15) is 0 Å².